The number of thiazole rings is 1. The molecule has 0 unspecified atom stereocenters. The van der Waals surface area contributed by atoms with Gasteiger partial charge in [-0.2, -0.15) is 0 Å². The molecule has 1 aromatic heterocycles. The quantitative estimate of drug-likeness (QED) is 0.577. The molecule has 2 aromatic rings. The number of carbonyl (C=O) groups excluding carboxylic acids is 1. The van der Waals surface area contributed by atoms with Crippen LogP contribution < -0.4 is 10.1 Å². The van der Waals surface area contributed by atoms with Gasteiger partial charge in [-0.15, -0.1) is 11.3 Å². The van der Waals surface area contributed by atoms with E-state index in [0.29, 0.717) is 23.0 Å². The fourth-order valence-corrected chi connectivity index (χ4v) is 2.46. The smallest absolute Gasteiger partial charge is 0.270 e. The minimum atomic E-state index is -0.466. The second-order valence-corrected chi connectivity index (χ2v) is 6.17. The van der Waals surface area contributed by atoms with Crippen LogP contribution in [0.1, 0.15) is 15.5 Å². The number of carbonyl (C=O) groups is 1. The number of nitro benzene ring substituents is 1. The molecule has 0 saturated carbocycles. The molecule has 0 spiro atoms. The van der Waals surface area contributed by atoms with E-state index < -0.39 is 4.92 Å². The van der Waals surface area contributed by atoms with Crippen molar-refractivity contribution in [2.75, 3.05) is 27.2 Å². The Labute approximate surface area is 143 Å². The van der Waals surface area contributed by atoms with Crippen molar-refractivity contribution in [2.45, 2.75) is 6.61 Å². The first-order chi connectivity index (χ1) is 11.5. The Morgan fingerprint density at radius 1 is 1.38 bits per heavy atom. The standard InChI is InChI=1S/C15H18N4O4S/c1-18(2)8-7-16-15(20)13-10-24-14(17-13)9-23-12-5-3-11(4-6-12)19(21)22/h3-6,10H,7-9H2,1-2H3,(H,16,20). The third-order valence-corrected chi connectivity index (χ3v) is 3.86. The number of hydrogen-bond donors (Lipinski definition) is 1. The van der Waals surface area contributed by atoms with Crippen molar-refractivity contribution in [2.24, 2.45) is 0 Å². The third kappa shape index (κ3) is 5.28. The van der Waals surface area contributed by atoms with Gasteiger partial charge < -0.3 is 15.0 Å². The van der Waals surface area contributed by atoms with E-state index in [4.69, 9.17) is 4.74 Å². The summed E-state index contributed by atoms with van der Waals surface area (Å²) in [7, 11) is 3.87. The Morgan fingerprint density at radius 3 is 2.71 bits per heavy atom. The lowest BCUT2D eigenvalue weighted by Gasteiger charge is -2.09. The molecule has 1 heterocycles. The Kier molecular flexibility index (Phi) is 6.21. The Balaban J connectivity index is 1.84. The van der Waals surface area contributed by atoms with Crippen LogP contribution in [0.25, 0.3) is 0 Å². The molecule has 0 aliphatic rings. The van der Waals surface area contributed by atoms with Crippen LogP contribution in [0.15, 0.2) is 29.6 Å². The normalized spacial score (nSPS) is 10.6. The molecule has 0 saturated heterocycles. The number of aromatic nitrogens is 1. The minimum Gasteiger partial charge on any atom is -0.486 e. The number of nitrogens with one attached hydrogen (secondary N) is 1. The van der Waals surface area contributed by atoms with Gasteiger partial charge in [-0.3, -0.25) is 14.9 Å². The molecule has 0 atom stereocenters. The number of nitrogens with zero attached hydrogens (tertiary/aromatic N) is 3. The van der Waals surface area contributed by atoms with Crippen LogP contribution in [0, 0.1) is 10.1 Å². The van der Waals surface area contributed by atoms with Crippen LogP contribution in [-0.2, 0) is 6.61 Å². The number of nitro groups is 1. The topological polar surface area (TPSA) is 97.6 Å². The predicted octanol–water partition coefficient (Wildman–Crippen LogP) is 1.92. The molecule has 0 aliphatic heterocycles. The van der Waals surface area contributed by atoms with Crippen molar-refractivity contribution in [3.63, 3.8) is 0 Å². The van der Waals surface area contributed by atoms with Gasteiger partial charge in [0.2, 0.25) is 0 Å². The lowest BCUT2D eigenvalue weighted by Crippen LogP contribution is -2.31. The average Bonchev–Trinajstić information content (AvgIpc) is 3.02. The van der Waals surface area contributed by atoms with Crippen LogP contribution in [0.4, 0.5) is 5.69 Å². The molecule has 0 radical (unpaired) electrons. The van der Waals surface area contributed by atoms with Gasteiger partial charge in [0.05, 0.1) is 4.92 Å². The zero-order valence-electron chi connectivity index (χ0n) is 13.4. The summed E-state index contributed by atoms with van der Waals surface area (Å²) in [5.74, 6) is 0.294. The number of benzene rings is 1. The highest BCUT2D eigenvalue weighted by molar-refractivity contribution is 7.09. The molecule has 24 heavy (non-hydrogen) atoms. The monoisotopic (exact) mass is 350 g/mol. The highest BCUT2D eigenvalue weighted by Crippen LogP contribution is 2.19. The van der Waals surface area contributed by atoms with E-state index in [0.717, 1.165) is 6.54 Å². The fraction of sp³-hybridized carbons (Fsp3) is 0.333. The molecular weight excluding hydrogens is 332 g/mol. The van der Waals surface area contributed by atoms with E-state index >= 15 is 0 Å². The Bertz CT molecular complexity index is 700. The van der Waals surface area contributed by atoms with Crippen molar-refractivity contribution in [3.05, 3.63) is 50.5 Å². The van der Waals surface area contributed by atoms with E-state index in [2.05, 4.69) is 10.3 Å². The summed E-state index contributed by atoms with van der Waals surface area (Å²) < 4.78 is 5.52. The summed E-state index contributed by atoms with van der Waals surface area (Å²) in [4.78, 5) is 28.3. The molecule has 2 rings (SSSR count). The van der Waals surface area contributed by atoms with Gasteiger partial charge in [0, 0.05) is 30.6 Å². The maximum Gasteiger partial charge on any atom is 0.270 e. The molecule has 128 valence electrons. The first kappa shape index (κ1) is 17.8. The number of hydrogen-bond acceptors (Lipinski definition) is 7. The van der Waals surface area contributed by atoms with E-state index in [-0.39, 0.29) is 18.2 Å². The first-order valence-electron chi connectivity index (χ1n) is 7.20. The van der Waals surface area contributed by atoms with Gasteiger partial charge in [0.15, 0.2) is 0 Å². The zero-order valence-corrected chi connectivity index (χ0v) is 14.2. The second-order valence-electron chi connectivity index (χ2n) is 5.23. The van der Waals surface area contributed by atoms with E-state index in [1.165, 1.54) is 35.6 Å². The molecule has 8 nitrogen and oxygen atoms in total. The number of ether oxygens (including phenoxy) is 1. The number of rotatable bonds is 8. The molecule has 1 amide bonds. The maximum atomic E-state index is 11.9. The van der Waals surface area contributed by atoms with Crippen LogP contribution in [0.3, 0.4) is 0 Å². The van der Waals surface area contributed by atoms with Crippen LogP contribution in [-0.4, -0.2) is 47.9 Å². The highest BCUT2D eigenvalue weighted by Gasteiger charge is 2.11. The average molecular weight is 350 g/mol. The summed E-state index contributed by atoms with van der Waals surface area (Å²) in [5.41, 5.74) is 0.370. The lowest BCUT2D eigenvalue weighted by molar-refractivity contribution is -0.384. The summed E-state index contributed by atoms with van der Waals surface area (Å²) in [6.45, 7) is 1.51. The SMILES string of the molecule is CN(C)CCNC(=O)c1csc(COc2ccc([N+](=O)[O-])cc2)n1. The summed E-state index contributed by atoms with van der Waals surface area (Å²) in [5, 5.41) is 15.7. The largest absolute Gasteiger partial charge is 0.486 e. The minimum absolute atomic E-state index is 0.00767. The summed E-state index contributed by atoms with van der Waals surface area (Å²) >= 11 is 1.33. The molecular formula is C15H18N4O4S. The van der Waals surface area contributed by atoms with Crippen molar-refractivity contribution in [3.8, 4) is 5.75 Å². The molecule has 0 fully saturated rings. The van der Waals surface area contributed by atoms with Gasteiger partial charge in [-0.25, -0.2) is 4.98 Å². The van der Waals surface area contributed by atoms with E-state index in [1.807, 2.05) is 19.0 Å². The summed E-state index contributed by atoms with van der Waals surface area (Å²) in [6.07, 6.45) is 0. The zero-order chi connectivity index (χ0) is 17.5. The predicted molar refractivity (Wildman–Crippen MR) is 90.4 cm³/mol. The van der Waals surface area contributed by atoms with Gasteiger partial charge in [0.1, 0.15) is 23.1 Å². The van der Waals surface area contributed by atoms with E-state index in [1.54, 1.807) is 5.38 Å². The van der Waals surface area contributed by atoms with Crippen molar-refractivity contribution >= 4 is 22.9 Å². The molecule has 0 aliphatic carbocycles. The molecule has 9 heteroatoms. The Morgan fingerprint density at radius 2 is 2.08 bits per heavy atom. The van der Waals surface area contributed by atoms with Gasteiger partial charge in [-0.05, 0) is 26.2 Å². The van der Waals surface area contributed by atoms with Crippen LogP contribution >= 0.6 is 11.3 Å². The maximum absolute atomic E-state index is 11.9. The molecule has 1 aromatic carbocycles. The first-order valence-corrected chi connectivity index (χ1v) is 8.08. The van der Waals surface area contributed by atoms with Gasteiger partial charge in [-0.1, -0.05) is 0 Å². The van der Waals surface area contributed by atoms with Gasteiger partial charge in [0.25, 0.3) is 11.6 Å². The lowest BCUT2D eigenvalue weighted by atomic mass is 10.3. The van der Waals surface area contributed by atoms with Crippen molar-refractivity contribution in [1.29, 1.82) is 0 Å². The number of non-ortho nitro benzene ring substituents is 1. The van der Waals surface area contributed by atoms with Crippen LogP contribution in [0.5, 0.6) is 5.75 Å². The number of likely N-dealkylation sites (N-methyl/N-ethyl adjacent to an activating group) is 1. The van der Waals surface area contributed by atoms with E-state index in [9.17, 15) is 14.9 Å². The van der Waals surface area contributed by atoms with Crippen molar-refractivity contribution in [1.82, 2.24) is 15.2 Å². The highest BCUT2D eigenvalue weighted by atomic mass is 32.1. The van der Waals surface area contributed by atoms with Crippen LogP contribution in [0.2, 0.25) is 0 Å². The van der Waals surface area contributed by atoms with Crippen molar-refractivity contribution < 1.29 is 14.5 Å². The molecule has 1 N–H and O–H groups in total. The second kappa shape index (κ2) is 8.37. The molecule has 0 bridgehead atoms. The third-order valence-electron chi connectivity index (χ3n) is 3.04. The number of amides is 1. The van der Waals surface area contributed by atoms with Gasteiger partial charge >= 0.3 is 0 Å². The Hall–Kier alpha value is -2.52. The summed E-state index contributed by atoms with van der Waals surface area (Å²) in [6, 6.07) is 5.81. The fourth-order valence-electron chi connectivity index (χ4n) is 1.77.